The van der Waals surface area contributed by atoms with E-state index in [1.54, 1.807) is 6.07 Å². The molecule has 8 heteroatoms. The molecule has 34 heavy (non-hydrogen) atoms. The Hall–Kier alpha value is -2.94. The number of ether oxygens (including phenoxy) is 2. The molecule has 2 heterocycles. The molecule has 0 saturated carbocycles. The van der Waals surface area contributed by atoms with Crippen molar-refractivity contribution in [1.82, 2.24) is 10.2 Å². The van der Waals surface area contributed by atoms with Gasteiger partial charge in [-0.1, -0.05) is 24.3 Å². The molecule has 2 aromatic rings. The van der Waals surface area contributed by atoms with Gasteiger partial charge in [-0.25, -0.2) is 0 Å². The summed E-state index contributed by atoms with van der Waals surface area (Å²) in [6, 6.07) is 14.0. The summed E-state index contributed by atoms with van der Waals surface area (Å²) >= 11 is 0. The van der Waals surface area contributed by atoms with Crippen molar-refractivity contribution in [3.8, 4) is 0 Å². The van der Waals surface area contributed by atoms with Gasteiger partial charge in [-0.3, -0.25) is 14.5 Å². The molecule has 2 aromatic carbocycles. The lowest BCUT2D eigenvalue weighted by Crippen LogP contribution is -2.38. The lowest BCUT2D eigenvalue weighted by atomic mass is 9.98. The van der Waals surface area contributed by atoms with Crippen molar-refractivity contribution in [2.24, 2.45) is 0 Å². The summed E-state index contributed by atoms with van der Waals surface area (Å²) in [5, 5.41) is 5.90. The van der Waals surface area contributed by atoms with Gasteiger partial charge in [-0.15, -0.1) is 0 Å². The summed E-state index contributed by atoms with van der Waals surface area (Å²) in [6.07, 6.45) is 1.81. The Balaban J connectivity index is 1.46. The van der Waals surface area contributed by atoms with Crippen LogP contribution < -0.4 is 15.5 Å². The van der Waals surface area contributed by atoms with Gasteiger partial charge in [0.15, 0.2) is 0 Å². The van der Waals surface area contributed by atoms with Crippen LogP contribution in [0.15, 0.2) is 42.5 Å². The van der Waals surface area contributed by atoms with E-state index in [1.165, 1.54) is 18.2 Å². The number of morpholine rings is 1. The number of hydrogen-bond donors (Lipinski definition) is 2. The summed E-state index contributed by atoms with van der Waals surface area (Å²) in [6.45, 7) is 6.52. The van der Waals surface area contributed by atoms with E-state index in [9.17, 15) is 9.59 Å². The third-order valence-corrected chi connectivity index (χ3v) is 6.31. The molecule has 0 bridgehead atoms. The minimum absolute atomic E-state index is 0.0340. The van der Waals surface area contributed by atoms with Gasteiger partial charge in [-0.2, -0.15) is 0 Å². The first-order chi connectivity index (χ1) is 16.6. The first-order valence-electron chi connectivity index (χ1n) is 12.0. The Morgan fingerprint density at radius 1 is 1.06 bits per heavy atom. The second-order valence-electron chi connectivity index (χ2n) is 8.72. The van der Waals surface area contributed by atoms with Crippen molar-refractivity contribution in [3.05, 3.63) is 59.2 Å². The summed E-state index contributed by atoms with van der Waals surface area (Å²) in [4.78, 5) is 29.9. The third-order valence-electron chi connectivity index (χ3n) is 6.31. The van der Waals surface area contributed by atoms with E-state index in [1.807, 2.05) is 12.1 Å². The molecule has 2 aliphatic heterocycles. The Kier molecular flexibility index (Phi) is 8.51. The van der Waals surface area contributed by atoms with E-state index in [2.05, 4.69) is 44.7 Å². The molecule has 2 aliphatic rings. The van der Waals surface area contributed by atoms with E-state index in [0.29, 0.717) is 17.8 Å². The SMILES string of the molecule is COCC(=O)Nc1ccc(N2CCc3ccccc3C2)c(C(=O)NCCCN2CCOCC2)c1. The van der Waals surface area contributed by atoms with Crippen LogP contribution in [0.25, 0.3) is 0 Å². The zero-order chi connectivity index (χ0) is 23.8. The Morgan fingerprint density at radius 2 is 1.85 bits per heavy atom. The first-order valence-corrected chi connectivity index (χ1v) is 12.0. The maximum Gasteiger partial charge on any atom is 0.253 e. The number of hydrogen-bond acceptors (Lipinski definition) is 6. The topological polar surface area (TPSA) is 83.1 Å². The minimum Gasteiger partial charge on any atom is -0.379 e. The summed E-state index contributed by atoms with van der Waals surface area (Å²) < 4.78 is 10.3. The van der Waals surface area contributed by atoms with Crippen LogP contribution in [0.5, 0.6) is 0 Å². The number of nitrogens with one attached hydrogen (secondary N) is 2. The highest BCUT2D eigenvalue weighted by atomic mass is 16.5. The minimum atomic E-state index is -0.251. The molecular formula is C26H34N4O4. The zero-order valence-electron chi connectivity index (χ0n) is 19.8. The van der Waals surface area contributed by atoms with E-state index < -0.39 is 0 Å². The van der Waals surface area contributed by atoms with Crippen molar-refractivity contribution in [1.29, 1.82) is 0 Å². The number of amides is 2. The second-order valence-corrected chi connectivity index (χ2v) is 8.72. The normalized spacial score (nSPS) is 16.1. The van der Waals surface area contributed by atoms with Crippen molar-refractivity contribution in [3.63, 3.8) is 0 Å². The van der Waals surface area contributed by atoms with Crippen molar-refractivity contribution >= 4 is 23.2 Å². The number of methoxy groups -OCH3 is 1. The molecule has 182 valence electrons. The summed E-state index contributed by atoms with van der Waals surface area (Å²) in [5.41, 5.74) is 4.67. The average Bonchev–Trinajstić information content (AvgIpc) is 2.87. The van der Waals surface area contributed by atoms with Crippen molar-refractivity contribution in [2.75, 3.05) is 69.9 Å². The number of nitrogens with zero attached hydrogens (tertiary/aromatic N) is 2. The number of carbonyl (C=O) groups excluding carboxylic acids is 2. The molecule has 1 saturated heterocycles. The Morgan fingerprint density at radius 3 is 2.65 bits per heavy atom. The fraction of sp³-hybridized carbons (Fsp3) is 0.462. The van der Waals surface area contributed by atoms with E-state index in [-0.39, 0.29) is 18.4 Å². The number of fused-ring (bicyclic) bond motifs is 1. The fourth-order valence-electron chi connectivity index (χ4n) is 4.53. The Labute approximate surface area is 201 Å². The highest BCUT2D eigenvalue weighted by molar-refractivity contribution is 6.02. The quantitative estimate of drug-likeness (QED) is 0.552. The molecule has 2 N–H and O–H groups in total. The monoisotopic (exact) mass is 466 g/mol. The lowest BCUT2D eigenvalue weighted by molar-refractivity contribution is -0.119. The van der Waals surface area contributed by atoms with E-state index >= 15 is 0 Å². The van der Waals surface area contributed by atoms with Gasteiger partial charge in [-0.05, 0) is 48.7 Å². The smallest absolute Gasteiger partial charge is 0.253 e. The molecule has 2 amide bonds. The highest BCUT2D eigenvalue weighted by Gasteiger charge is 2.22. The van der Waals surface area contributed by atoms with Crippen LogP contribution in [0.1, 0.15) is 27.9 Å². The van der Waals surface area contributed by atoms with Crippen LogP contribution in [0.2, 0.25) is 0 Å². The van der Waals surface area contributed by atoms with Gasteiger partial charge in [0.05, 0.1) is 18.8 Å². The fourth-order valence-corrected chi connectivity index (χ4v) is 4.53. The van der Waals surface area contributed by atoms with Crippen LogP contribution in [0.3, 0.4) is 0 Å². The molecule has 0 aromatic heterocycles. The zero-order valence-corrected chi connectivity index (χ0v) is 19.8. The number of benzene rings is 2. The number of anilines is 2. The average molecular weight is 467 g/mol. The van der Waals surface area contributed by atoms with Crippen molar-refractivity contribution < 1.29 is 19.1 Å². The van der Waals surface area contributed by atoms with Gasteiger partial charge in [0.1, 0.15) is 6.61 Å². The molecule has 8 nitrogen and oxygen atoms in total. The van der Waals surface area contributed by atoms with Crippen molar-refractivity contribution in [2.45, 2.75) is 19.4 Å². The van der Waals surface area contributed by atoms with Gasteiger partial charge < -0.3 is 25.0 Å². The number of rotatable bonds is 9. The first kappa shape index (κ1) is 24.2. The van der Waals surface area contributed by atoms with Crippen LogP contribution in [-0.2, 0) is 27.2 Å². The molecule has 1 fully saturated rings. The predicted octanol–water partition coefficient (Wildman–Crippen LogP) is 2.29. The lowest BCUT2D eigenvalue weighted by Gasteiger charge is -2.32. The number of carbonyl (C=O) groups is 2. The maximum atomic E-state index is 13.3. The largest absolute Gasteiger partial charge is 0.379 e. The van der Waals surface area contributed by atoms with Crippen LogP contribution in [0, 0.1) is 0 Å². The second kappa shape index (κ2) is 12.0. The van der Waals surface area contributed by atoms with Crippen LogP contribution in [0.4, 0.5) is 11.4 Å². The van der Waals surface area contributed by atoms with Gasteiger partial charge in [0.2, 0.25) is 5.91 Å². The summed E-state index contributed by atoms with van der Waals surface area (Å²) in [7, 11) is 1.48. The molecular weight excluding hydrogens is 432 g/mol. The molecule has 0 radical (unpaired) electrons. The van der Waals surface area contributed by atoms with Crippen LogP contribution in [-0.4, -0.2) is 76.4 Å². The third kappa shape index (κ3) is 6.34. The van der Waals surface area contributed by atoms with Crippen LogP contribution >= 0.6 is 0 Å². The molecule has 0 atom stereocenters. The van der Waals surface area contributed by atoms with E-state index in [0.717, 1.165) is 64.5 Å². The Bertz CT molecular complexity index is 991. The highest BCUT2D eigenvalue weighted by Crippen LogP contribution is 2.29. The van der Waals surface area contributed by atoms with Gasteiger partial charge >= 0.3 is 0 Å². The maximum absolute atomic E-state index is 13.3. The van der Waals surface area contributed by atoms with Gasteiger partial charge in [0.25, 0.3) is 5.91 Å². The predicted molar refractivity (Wildman–Crippen MR) is 132 cm³/mol. The molecule has 0 aliphatic carbocycles. The molecule has 0 unspecified atom stereocenters. The molecule has 4 rings (SSSR count). The van der Waals surface area contributed by atoms with Gasteiger partial charge in [0, 0.05) is 51.2 Å². The molecule has 0 spiro atoms. The standard InChI is InChI=1S/C26H34N4O4/c1-33-19-25(31)28-22-7-8-24(30-12-9-20-5-2-3-6-21(20)18-30)23(17-22)26(32)27-10-4-11-29-13-15-34-16-14-29/h2-3,5-8,17H,4,9-16,18-19H2,1H3,(H,27,32)(H,28,31). The summed E-state index contributed by atoms with van der Waals surface area (Å²) in [5.74, 6) is -0.377. The van der Waals surface area contributed by atoms with E-state index in [4.69, 9.17) is 9.47 Å².